The van der Waals surface area contributed by atoms with Gasteiger partial charge in [0, 0.05) is 22.9 Å². The normalized spacial score (nSPS) is 12.9. The first-order valence-corrected chi connectivity index (χ1v) is 8.43. The Morgan fingerprint density at radius 3 is 2.31 bits per heavy atom. The van der Waals surface area contributed by atoms with Gasteiger partial charge in [-0.2, -0.15) is 0 Å². The number of aryl methyl sites for hydroxylation is 1. The molecular formula is C20H25N3O3. The number of carbonyl (C=O) groups excluding carboxylic acids is 2. The molecule has 6 heteroatoms. The van der Waals surface area contributed by atoms with E-state index in [1.54, 1.807) is 38.3 Å². The minimum atomic E-state index is -0.501. The van der Waals surface area contributed by atoms with E-state index in [0.29, 0.717) is 11.3 Å². The molecule has 0 aliphatic heterocycles. The molecule has 2 amide bonds. The Balaban J connectivity index is 2.02. The molecule has 0 aliphatic rings. The van der Waals surface area contributed by atoms with Crippen molar-refractivity contribution in [2.45, 2.75) is 32.9 Å². The lowest BCUT2D eigenvalue weighted by Crippen LogP contribution is -2.39. The van der Waals surface area contributed by atoms with E-state index in [1.165, 1.54) is 0 Å². The van der Waals surface area contributed by atoms with Crippen LogP contribution in [-0.2, 0) is 4.79 Å². The van der Waals surface area contributed by atoms with Gasteiger partial charge in [0.2, 0.25) is 11.8 Å². The van der Waals surface area contributed by atoms with Gasteiger partial charge in [-0.3, -0.25) is 14.9 Å². The van der Waals surface area contributed by atoms with Gasteiger partial charge in [0.15, 0.2) is 0 Å². The minimum absolute atomic E-state index is 0.0668. The molecule has 0 radical (unpaired) electrons. The van der Waals surface area contributed by atoms with Crippen molar-refractivity contribution in [1.29, 1.82) is 0 Å². The van der Waals surface area contributed by atoms with Gasteiger partial charge in [0.05, 0.1) is 13.2 Å². The highest BCUT2D eigenvalue weighted by atomic mass is 16.5. The largest absolute Gasteiger partial charge is 0.496 e. The average Bonchev–Trinajstić information content (AvgIpc) is 2.61. The third-order valence-corrected chi connectivity index (χ3v) is 4.18. The van der Waals surface area contributed by atoms with Crippen molar-refractivity contribution < 1.29 is 14.3 Å². The third-order valence-electron chi connectivity index (χ3n) is 4.18. The Morgan fingerprint density at radius 2 is 1.73 bits per heavy atom. The first-order valence-electron chi connectivity index (χ1n) is 8.43. The maximum absolute atomic E-state index is 12.4. The summed E-state index contributed by atoms with van der Waals surface area (Å²) in [6.07, 6.45) is 0. The van der Waals surface area contributed by atoms with Crippen LogP contribution in [0.15, 0.2) is 42.5 Å². The van der Waals surface area contributed by atoms with Gasteiger partial charge in [0.25, 0.3) is 0 Å². The molecule has 0 aliphatic carbocycles. The van der Waals surface area contributed by atoms with Gasteiger partial charge in [-0.25, -0.2) is 0 Å². The van der Waals surface area contributed by atoms with E-state index in [-0.39, 0.29) is 11.9 Å². The maximum Gasteiger partial charge on any atom is 0.248 e. The number of anilines is 1. The van der Waals surface area contributed by atoms with Crippen LogP contribution in [0.4, 0.5) is 5.69 Å². The van der Waals surface area contributed by atoms with E-state index in [0.717, 1.165) is 16.9 Å². The van der Waals surface area contributed by atoms with Crippen molar-refractivity contribution in [2.24, 2.45) is 5.73 Å². The molecule has 0 spiro atoms. The smallest absolute Gasteiger partial charge is 0.248 e. The first-order chi connectivity index (χ1) is 12.3. The van der Waals surface area contributed by atoms with Crippen LogP contribution < -0.4 is 21.1 Å². The van der Waals surface area contributed by atoms with Gasteiger partial charge < -0.3 is 15.8 Å². The van der Waals surface area contributed by atoms with Gasteiger partial charge in [0.1, 0.15) is 5.75 Å². The zero-order valence-corrected chi connectivity index (χ0v) is 15.5. The average molecular weight is 355 g/mol. The van der Waals surface area contributed by atoms with Crippen molar-refractivity contribution >= 4 is 17.5 Å². The molecule has 26 heavy (non-hydrogen) atoms. The predicted octanol–water partition coefficient (Wildman–Crippen LogP) is 2.78. The number of amides is 2. The molecule has 0 heterocycles. The minimum Gasteiger partial charge on any atom is -0.496 e. The van der Waals surface area contributed by atoms with Crippen molar-refractivity contribution in [2.75, 3.05) is 12.4 Å². The van der Waals surface area contributed by atoms with Crippen LogP contribution in [-0.4, -0.2) is 25.0 Å². The number of methoxy groups -OCH3 is 1. The molecule has 0 aromatic heterocycles. The zero-order valence-electron chi connectivity index (χ0n) is 15.5. The summed E-state index contributed by atoms with van der Waals surface area (Å²) in [7, 11) is 1.63. The molecular weight excluding hydrogens is 330 g/mol. The summed E-state index contributed by atoms with van der Waals surface area (Å²) in [4.78, 5) is 23.5. The topological polar surface area (TPSA) is 93.4 Å². The molecule has 0 fully saturated rings. The standard InChI is InChI=1S/C20H25N3O3/c1-12-5-10-18(26-4)17(11-12)13(2)22-14(3)20(25)23-16-8-6-15(7-9-16)19(21)24/h5-11,13-14,22H,1-4H3,(H2,21,24)(H,23,25). The number of benzene rings is 2. The lowest BCUT2D eigenvalue weighted by molar-refractivity contribution is -0.117. The first kappa shape index (κ1) is 19.5. The fourth-order valence-electron chi connectivity index (χ4n) is 2.70. The number of ether oxygens (including phenoxy) is 1. The van der Waals surface area contributed by atoms with Crippen LogP contribution in [0.5, 0.6) is 5.75 Å². The van der Waals surface area contributed by atoms with E-state index in [2.05, 4.69) is 10.6 Å². The van der Waals surface area contributed by atoms with Gasteiger partial charge >= 0.3 is 0 Å². The Kier molecular flexibility index (Phi) is 6.36. The van der Waals surface area contributed by atoms with Crippen molar-refractivity contribution in [3.8, 4) is 5.75 Å². The highest BCUT2D eigenvalue weighted by Crippen LogP contribution is 2.26. The SMILES string of the molecule is COc1ccc(C)cc1C(C)NC(C)C(=O)Nc1ccc(C(N)=O)cc1. The second-order valence-corrected chi connectivity index (χ2v) is 6.29. The molecule has 2 unspecified atom stereocenters. The highest BCUT2D eigenvalue weighted by Gasteiger charge is 2.19. The number of nitrogens with two attached hydrogens (primary N) is 1. The van der Waals surface area contributed by atoms with Crippen LogP contribution in [0.1, 0.15) is 41.4 Å². The number of primary amides is 1. The summed E-state index contributed by atoms with van der Waals surface area (Å²) in [5, 5.41) is 6.10. The maximum atomic E-state index is 12.4. The summed E-state index contributed by atoms with van der Waals surface area (Å²) < 4.78 is 5.41. The number of hydrogen-bond donors (Lipinski definition) is 3. The van der Waals surface area contributed by atoms with Crippen LogP contribution in [0.25, 0.3) is 0 Å². The molecule has 0 bridgehead atoms. The number of rotatable bonds is 7. The third kappa shape index (κ3) is 4.83. The Morgan fingerprint density at radius 1 is 1.08 bits per heavy atom. The van der Waals surface area contributed by atoms with Crippen molar-refractivity contribution in [3.05, 3.63) is 59.2 Å². The van der Waals surface area contributed by atoms with E-state index in [9.17, 15) is 9.59 Å². The molecule has 0 saturated heterocycles. The predicted molar refractivity (Wildman–Crippen MR) is 102 cm³/mol. The van der Waals surface area contributed by atoms with Gasteiger partial charge in [-0.05, 0) is 51.1 Å². The lowest BCUT2D eigenvalue weighted by Gasteiger charge is -2.22. The Hall–Kier alpha value is -2.86. The van der Waals surface area contributed by atoms with Crippen LogP contribution in [0, 0.1) is 6.92 Å². The van der Waals surface area contributed by atoms with Crippen molar-refractivity contribution in [3.63, 3.8) is 0 Å². The lowest BCUT2D eigenvalue weighted by atomic mass is 10.0. The number of nitrogens with one attached hydrogen (secondary N) is 2. The van der Waals surface area contributed by atoms with E-state index in [1.807, 2.05) is 32.0 Å². The van der Waals surface area contributed by atoms with Crippen LogP contribution in [0.3, 0.4) is 0 Å². The quantitative estimate of drug-likeness (QED) is 0.712. The molecule has 138 valence electrons. The van der Waals surface area contributed by atoms with E-state index >= 15 is 0 Å². The van der Waals surface area contributed by atoms with Gasteiger partial charge in [-0.15, -0.1) is 0 Å². The molecule has 2 aromatic rings. The summed E-state index contributed by atoms with van der Waals surface area (Å²) >= 11 is 0. The van der Waals surface area contributed by atoms with Crippen molar-refractivity contribution in [1.82, 2.24) is 5.32 Å². The molecule has 0 saturated carbocycles. The Bertz CT molecular complexity index is 787. The second kappa shape index (κ2) is 8.49. The molecule has 4 N–H and O–H groups in total. The molecule has 6 nitrogen and oxygen atoms in total. The van der Waals surface area contributed by atoms with E-state index < -0.39 is 11.9 Å². The summed E-state index contributed by atoms with van der Waals surface area (Å²) in [5.74, 6) is 0.111. The fraction of sp³-hybridized carbons (Fsp3) is 0.300. The number of carbonyl (C=O) groups is 2. The summed E-state index contributed by atoms with van der Waals surface area (Å²) in [6, 6.07) is 11.9. The summed E-state index contributed by atoms with van der Waals surface area (Å²) in [5.41, 5.74) is 8.34. The summed E-state index contributed by atoms with van der Waals surface area (Å²) in [6.45, 7) is 5.80. The van der Waals surface area contributed by atoms with Crippen LogP contribution in [0.2, 0.25) is 0 Å². The van der Waals surface area contributed by atoms with Crippen LogP contribution >= 0.6 is 0 Å². The second-order valence-electron chi connectivity index (χ2n) is 6.29. The van der Waals surface area contributed by atoms with E-state index in [4.69, 9.17) is 10.5 Å². The zero-order chi connectivity index (χ0) is 19.3. The Labute approximate surface area is 153 Å². The fourth-order valence-corrected chi connectivity index (χ4v) is 2.70. The number of hydrogen-bond acceptors (Lipinski definition) is 4. The molecule has 2 rings (SSSR count). The monoisotopic (exact) mass is 355 g/mol. The molecule has 2 aromatic carbocycles. The highest BCUT2D eigenvalue weighted by molar-refractivity contribution is 5.96. The van der Waals surface area contributed by atoms with Gasteiger partial charge in [-0.1, -0.05) is 17.7 Å². The molecule has 2 atom stereocenters.